The van der Waals surface area contributed by atoms with Crippen molar-refractivity contribution in [1.82, 2.24) is 10.3 Å². The Morgan fingerprint density at radius 3 is 2.57 bits per heavy atom. The zero-order valence-electron chi connectivity index (χ0n) is 16.2. The predicted octanol–water partition coefficient (Wildman–Crippen LogP) is 5.39. The predicted molar refractivity (Wildman–Crippen MR) is 114 cm³/mol. The highest BCUT2D eigenvalue weighted by Crippen LogP contribution is 2.38. The number of carbonyl (C=O) groups excluding carboxylic acids is 2. The normalized spacial score (nSPS) is 21.0. The Bertz CT molecular complexity index is 850. The lowest BCUT2D eigenvalue weighted by molar-refractivity contribution is 0.0870. The first kappa shape index (κ1) is 20.6. The number of halogens is 1. The fourth-order valence-corrected chi connectivity index (χ4v) is 4.76. The zero-order chi connectivity index (χ0) is 20.3. The van der Waals surface area contributed by atoms with E-state index < -0.39 is 6.03 Å². The van der Waals surface area contributed by atoms with E-state index in [1.165, 1.54) is 17.8 Å². The van der Waals surface area contributed by atoms with E-state index in [9.17, 15) is 9.59 Å². The minimum atomic E-state index is -0.425. The molecule has 3 rings (SSSR count). The molecule has 0 unspecified atom stereocenters. The molecular formula is C20H25ClN4O2S. The lowest BCUT2D eigenvalue weighted by Gasteiger charge is -2.39. The minimum absolute atomic E-state index is 0.151. The molecule has 2 atom stereocenters. The van der Waals surface area contributed by atoms with Crippen molar-refractivity contribution in [2.45, 2.75) is 46.1 Å². The van der Waals surface area contributed by atoms with Crippen molar-refractivity contribution in [3.63, 3.8) is 0 Å². The molecule has 8 heteroatoms. The van der Waals surface area contributed by atoms with Gasteiger partial charge >= 0.3 is 6.03 Å². The molecule has 3 N–H and O–H groups in total. The molecule has 1 fully saturated rings. The van der Waals surface area contributed by atoms with Crippen LogP contribution in [-0.4, -0.2) is 23.0 Å². The number of nitrogens with zero attached hydrogens (tertiary/aromatic N) is 1. The molecule has 0 spiro atoms. The van der Waals surface area contributed by atoms with Crippen LogP contribution in [0.15, 0.2) is 29.6 Å². The lowest BCUT2D eigenvalue weighted by Crippen LogP contribution is -2.43. The Hall–Kier alpha value is -2.12. The van der Waals surface area contributed by atoms with Gasteiger partial charge in [0.05, 0.1) is 0 Å². The maximum atomic E-state index is 12.5. The lowest BCUT2D eigenvalue weighted by atomic mass is 9.70. The van der Waals surface area contributed by atoms with Crippen LogP contribution in [0.3, 0.4) is 0 Å². The van der Waals surface area contributed by atoms with Crippen molar-refractivity contribution < 1.29 is 9.59 Å². The number of hydrogen-bond acceptors (Lipinski definition) is 4. The minimum Gasteiger partial charge on any atom is -0.348 e. The molecule has 3 amide bonds. The van der Waals surface area contributed by atoms with Gasteiger partial charge in [-0.2, -0.15) is 0 Å². The van der Waals surface area contributed by atoms with Gasteiger partial charge in [-0.1, -0.05) is 32.4 Å². The first-order valence-electron chi connectivity index (χ1n) is 9.30. The van der Waals surface area contributed by atoms with Crippen LogP contribution in [0.2, 0.25) is 5.02 Å². The van der Waals surface area contributed by atoms with Crippen LogP contribution < -0.4 is 16.0 Å². The Labute approximate surface area is 174 Å². The molecule has 0 bridgehead atoms. The molecular weight excluding hydrogens is 396 g/mol. The molecule has 1 aliphatic carbocycles. The highest BCUT2D eigenvalue weighted by atomic mass is 35.5. The first-order chi connectivity index (χ1) is 13.2. The summed E-state index contributed by atoms with van der Waals surface area (Å²) in [5.41, 5.74) is 1.16. The summed E-state index contributed by atoms with van der Waals surface area (Å²) in [7, 11) is 0. The maximum Gasteiger partial charge on any atom is 0.325 e. The summed E-state index contributed by atoms with van der Waals surface area (Å²) < 4.78 is 0. The highest BCUT2D eigenvalue weighted by Gasteiger charge is 2.33. The van der Waals surface area contributed by atoms with Crippen LogP contribution in [0.25, 0.3) is 0 Å². The Morgan fingerprint density at radius 2 is 1.89 bits per heavy atom. The Balaban J connectivity index is 1.55. The van der Waals surface area contributed by atoms with E-state index in [2.05, 4.69) is 41.7 Å². The molecule has 1 heterocycles. The summed E-state index contributed by atoms with van der Waals surface area (Å²) in [5.74, 6) is 0.385. The number of rotatable bonds is 4. The van der Waals surface area contributed by atoms with Crippen molar-refractivity contribution in [3.05, 3.63) is 40.4 Å². The summed E-state index contributed by atoms with van der Waals surface area (Å²) in [6.45, 7) is 6.71. The van der Waals surface area contributed by atoms with Crippen molar-refractivity contribution >= 4 is 45.7 Å². The Morgan fingerprint density at radius 1 is 1.18 bits per heavy atom. The number of urea groups is 1. The summed E-state index contributed by atoms with van der Waals surface area (Å²) in [6.07, 6.45) is 3.11. The van der Waals surface area contributed by atoms with Crippen LogP contribution in [0.1, 0.15) is 50.5 Å². The van der Waals surface area contributed by atoms with Crippen LogP contribution in [0.5, 0.6) is 0 Å². The number of thiazole rings is 1. The molecule has 2 aromatic rings. The monoisotopic (exact) mass is 420 g/mol. The molecule has 1 saturated carbocycles. The number of anilines is 2. The van der Waals surface area contributed by atoms with Gasteiger partial charge in [0.15, 0.2) is 5.13 Å². The zero-order valence-corrected chi connectivity index (χ0v) is 17.8. The maximum absolute atomic E-state index is 12.5. The number of hydrogen-bond donors (Lipinski definition) is 3. The van der Waals surface area contributed by atoms with Gasteiger partial charge in [-0.3, -0.25) is 10.1 Å². The van der Waals surface area contributed by atoms with Gasteiger partial charge in [-0.15, -0.1) is 11.3 Å². The number of benzene rings is 1. The van der Waals surface area contributed by atoms with Gasteiger partial charge in [0.1, 0.15) is 5.69 Å². The topological polar surface area (TPSA) is 83.1 Å². The third-order valence-corrected chi connectivity index (χ3v) is 5.79. The molecule has 0 saturated heterocycles. The van der Waals surface area contributed by atoms with E-state index >= 15 is 0 Å². The number of carbonyl (C=O) groups is 2. The van der Waals surface area contributed by atoms with E-state index in [0.29, 0.717) is 27.5 Å². The van der Waals surface area contributed by atoms with Gasteiger partial charge in [0.2, 0.25) is 0 Å². The van der Waals surface area contributed by atoms with Crippen LogP contribution in [0.4, 0.5) is 15.6 Å². The van der Waals surface area contributed by atoms with Crippen LogP contribution in [-0.2, 0) is 0 Å². The third kappa shape index (κ3) is 5.69. The second-order valence-electron chi connectivity index (χ2n) is 8.21. The van der Waals surface area contributed by atoms with E-state index in [4.69, 9.17) is 11.6 Å². The Kier molecular flexibility index (Phi) is 6.25. The quantitative estimate of drug-likeness (QED) is 0.620. The molecule has 1 aromatic heterocycles. The summed E-state index contributed by atoms with van der Waals surface area (Å²) >= 11 is 7.05. The van der Waals surface area contributed by atoms with Crippen LogP contribution in [0, 0.1) is 11.3 Å². The van der Waals surface area contributed by atoms with Gasteiger partial charge in [-0.25, -0.2) is 9.78 Å². The van der Waals surface area contributed by atoms with Crippen molar-refractivity contribution in [2.75, 3.05) is 10.6 Å². The fraction of sp³-hybridized carbons (Fsp3) is 0.450. The number of nitrogens with one attached hydrogen (secondary N) is 3. The number of aromatic nitrogens is 1. The average Bonchev–Trinajstić information content (AvgIpc) is 3.03. The highest BCUT2D eigenvalue weighted by molar-refractivity contribution is 7.14. The molecule has 1 aromatic carbocycles. The number of amides is 3. The molecule has 150 valence electrons. The van der Waals surface area contributed by atoms with E-state index in [0.717, 1.165) is 12.8 Å². The van der Waals surface area contributed by atoms with Gasteiger partial charge in [0.25, 0.3) is 5.91 Å². The standard InChI is InChI=1S/C20H25ClN4O2S/c1-12-8-15(10-20(2,3)9-12)22-17(26)16-11-28-19(24-16)25-18(27)23-14-6-4-13(21)5-7-14/h4-7,11-12,15H,8-10H2,1-3H3,(H,22,26)(H2,23,24,25,27)/t12-,15+/m0/s1. The summed E-state index contributed by atoms with van der Waals surface area (Å²) in [5, 5.41) is 11.1. The molecule has 0 radical (unpaired) electrons. The van der Waals surface area contributed by atoms with Gasteiger partial charge in [0, 0.05) is 22.1 Å². The smallest absolute Gasteiger partial charge is 0.325 e. The molecule has 6 nitrogen and oxygen atoms in total. The second kappa shape index (κ2) is 8.49. The third-order valence-electron chi connectivity index (χ3n) is 4.78. The van der Waals surface area contributed by atoms with Crippen LogP contribution >= 0.6 is 22.9 Å². The fourth-order valence-electron chi connectivity index (χ4n) is 3.94. The first-order valence-corrected chi connectivity index (χ1v) is 10.6. The molecule has 0 aliphatic heterocycles. The van der Waals surface area contributed by atoms with Gasteiger partial charge < -0.3 is 10.6 Å². The largest absolute Gasteiger partial charge is 0.348 e. The van der Waals surface area contributed by atoms with Crippen molar-refractivity contribution in [3.8, 4) is 0 Å². The van der Waals surface area contributed by atoms with Gasteiger partial charge in [-0.05, 0) is 54.9 Å². The molecule has 1 aliphatic rings. The van der Waals surface area contributed by atoms with E-state index in [1.54, 1.807) is 29.6 Å². The van der Waals surface area contributed by atoms with Crippen molar-refractivity contribution in [1.29, 1.82) is 0 Å². The summed E-state index contributed by atoms with van der Waals surface area (Å²) in [6, 6.07) is 6.52. The summed E-state index contributed by atoms with van der Waals surface area (Å²) in [4.78, 5) is 28.9. The SMILES string of the molecule is C[C@H]1C[C@@H](NC(=O)c2csc(NC(=O)Nc3ccc(Cl)cc3)n2)CC(C)(C)C1. The van der Waals surface area contributed by atoms with Crippen molar-refractivity contribution in [2.24, 2.45) is 11.3 Å². The molecule has 28 heavy (non-hydrogen) atoms. The average molecular weight is 421 g/mol. The van der Waals surface area contributed by atoms with E-state index in [-0.39, 0.29) is 17.4 Å². The second-order valence-corrected chi connectivity index (χ2v) is 9.50. The van der Waals surface area contributed by atoms with E-state index in [1.807, 2.05) is 0 Å².